The van der Waals surface area contributed by atoms with Gasteiger partial charge in [-0.15, -0.1) is 0 Å². The first-order valence-corrected chi connectivity index (χ1v) is 9.51. The van der Waals surface area contributed by atoms with Gasteiger partial charge in [0.25, 0.3) is 11.1 Å². The summed E-state index contributed by atoms with van der Waals surface area (Å²) in [6, 6.07) is 8.09. The second kappa shape index (κ2) is 7.60. The topological polar surface area (TPSA) is 47.9 Å². The molecule has 1 unspecified atom stereocenters. The lowest BCUT2D eigenvalue weighted by atomic mass is 9.76. The number of nitrogens with zero attached hydrogens (tertiary/aromatic N) is 1. The van der Waals surface area contributed by atoms with E-state index in [0.717, 1.165) is 17.9 Å². The molecule has 1 aromatic carbocycles. The molecule has 1 aliphatic heterocycles. The summed E-state index contributed by atoms with van der Waals surface area (Å²) >= 11 is 1.39. The summed E-state index contributed by atoms with van der Waals surface area (Å²) in [4.78, 5) is 15.7. The Morgan fingerprint density at radius 1 is 1.21 bits per heavy atom. The Hall–Kier alpha value is -1.49. The second-order valence-electron chi connectivity index (χ2n) is 7.03. The van der Waals surface area contributed by atoms with Crippen LogP contribution in [-0.2, 0) is 16.0 Å². The van der Waals surface area contributed by atoms with Gasteiger partial charge in [-0.3, -0.25) is 4.79 Å². The van der Waals surface area contributed by atoms with E-state index in [-0.39, 0.29) is 11.2 Å². The summed E-state index contributed by atoms with van der Waals surface area (Å²) in [5, 5.41) is 0.290. The van der Waals surface area contributed by atoms with E-state index in [1.807, 2.05) is 24.3 Å². The third kappa shape index (κ3) is 4.32. The molecule has 0 bridgehead atoms. The van der Waals surface area contributed by atoms with Crippen LogP contribution in [0.3, 0.4) is 0 Å². The van der Waals surface area contributed by atoms with E-state index in [4.69, 9.17) is 9.47 Å². The van der Waals surface area contributed by atoms with Crippen molar-refractivity contribution >= 4 is 22.9 Å². The summed E-state index contributed by atoms with van der Waals surface area (Å²) in [5.74, 6) is 0.798. The molecule has 1 amide bonds. The first kappa shape index (κ1) is 17.3. The summed E-state index contributed by atoms with van der Waals surface area (Å²) in [5.41, 5.74) is 1.43. The van der Waals surface area contributed by atoms with Gasteiger partial charge in [0.05, 0.1) is 19.0 Å². The molecule has 1 saturated carbocycles. The SMILES string of the molecule is COC1=NC(=O)C(Cc2ccc(OCC3(C)CCCCC3)cc2)S1. The fraction of sp³-hybridized carbons (Fsp3) is 0.579. The van der Waals surface area contributed by atoms with E-state index in [0.29, 0.717) is 17.1 Å². The van der Waals surface area contributed by atoms with Gasteiger partial charge in [0, 0.05) is 5.41 Å². The van der Waals surface area contributed by atoms with E-state index in [1.165, 1.54) is 43.9 Å². The molecule has 0 saturated heterocycles. The van der Waals surface area contributed by atoms with Crippen LogP contribution in [-0.4, -0.2) is 30.1 Å². The predicted octanol–water partition coefficient (Wildman–Crippen LogP) is 4.22. The lowest BCUT2D eigenvalue weighted by Gasteiger charge is -2.33. The molecule has 1 fully saturated rings. The average Bonchev–Trinajstić information content (AvgIpc) is 2.95. The number of carbonyl (C=O) groups excluding carboxylic acids is 1. The molecule has 2 aliphatic rings. The van der Waals surface area contributed by atoms with Crippen molar-refractivity contribution in [1.29, 1.82) is 0 Å². The fourth-order valence-corrected chi connectivity index (χ4v) is 4.24. The molecule has 0 radical (unpaired) electrons. The van der Waals surface area contributed by atoms with Crippen molar-refractivity contribution < 1.29 is 14.3 Å². The number of thioether (sulfide) groups is 1. The molecule has 24 heavy (non-hydrogen) atoms. The molecule has 3 rings (SSSR count). The van der Waals surface area contributed by atoms with Crippen LogP contribution < -0.4 is 4.74 Å². The summed E-state index contributed by atoms with van der Waals surface area (Å²) in [6.45, 7) is 3.12. The maximum Gasteiger partial charge on any atom is 0.263 e. The van der Waals surface area contributed by atoms with E-state index >= 15 is 0 Å². The highest BCUT2D eigenvalue weighted by atomic mass is 32.2. The van der Waals surface area contributed by atoms with E-state index in [1.54, 1.807) is 7.11 Å². The minimum Gasteiger partial charge on any atom is -0.493 e. The molecule has 0 N–H and O–H groups in total. The number of carbonyl (C=O) groups is 1. The number of methoxy groups -OCH3 is 1. The third-order valence-electron chi connectivity index (χ3n) is 4.89. The molecule has 1 aliphatic carbocycles. The quantitative estimate of drug-likeness (QED) is 0.800. The zero-order valence-corrected chi connectivity index (χ0v) is 15.2. The monoisotopic (exact) mass is 347 g/mol. The lowest BCUT2D eigenvalue weighted by Crippen LogP contribution is -2.27. The fourth-order valence-electron chi connectivity index (χ4n) is 3.33. The highest BCUT2D eigenvalue weighted by molar-refractivity contribution is 8.15. The number of benzene rings is 1. The maximum atomic E-state index is 11.8. The van der Waals surface area contributed by atoms with Crippen LogP contribution in [0.25, 0.3) is 0 Å². The van der Waals surface area contributed by atoms with Gasteiger partial charge in [0.15, 0.2) is 0 Å². The lowest BCUT2D eigenvalue weighted by molar-refractivity contribution is -0.117. The molecule has 0 aromatic heterocycles. The number of rotatable bonds is 5. The Kier molecular flexibility index (Phi) is 5.49. The molecular formula is C19H25NO3S. The number of amides is 1. The second-order valence-corrected chi connectivity index (χ2v) is 8.19. The third-order valence-corrected chi connectivity index (χ3v) is 6.00. The average molecular weight is 347 g/mol. The summed E-state index contributed by atoms with van der Waals surface area (Å²) in [7, 11) is 1.54. The molecule has 5 heteroatoms. The molecule has 130 valence electrons. The van der Waals surface area contributed by atoms with Gasteiger partial charge >= 0.3 is 0 Å². The first-order chi connectivity index (χ1) is 11.6. The Morgan fingerprint density at radius 3 is 2.54 bits per heavy atom. The minimum atomic E-state index is -0.173. The standard InChI is InChI=1S/C19H25NO3S/c1-19(10-4-3-5-11-19)13-23-15-8-6-14(7-9-15)12-16-17(21)20-18(22-2)24-16/h6-9,16H,3-5,10-13H2,1-2H3. The van der Waals surface area contributed by atoms with E-state index in [9.17, 15) is 4.79 Å². The van der Waals surface area contributed by atoms with E-state index in [2.05, 4.69) is 11.9 Å². The number of hydrogen-bond donors (Lipinski definition) is 0. The van der Waals surface area contributed by atoms with Crippen LogP contribution in [0.1, 0.15) is 44.6 Å². The minimum absolute atomic E-state index is 0.109. The van der Waals surface area contributed by atoms with E-state index < -0.39 is 0 Å². The number of ether oxygens (including phenoxy) is 2. The van der Waals surface area contributed by atoms with Gasteiger partial charge < -0.3 is 9.47 Å². The molecule has 0 spiro atoms. The van der Waals surface area contributed by atoms with Crippen molar-refractivity contribution in [1.82, 2.24) is 0 Å². The smallest absolute Gasteiger partial charge is 0.263 e. The van der Waals surface area contributed by atoms with Crippen LogP contribution in [0.4, 0.5) is 0 Å². The van der Waals surface area contributed by atoms with Gasteiger partial charge in [-0.2, -0.15) is 4.99 Å². The zero-order chi connectivity index (χ0) is 17.0. The van der Waals surface area contributed by atoms with Crippen molar-refractivity contribution in [2.45, 2.75) is 50.7 Å². The summed E-state index contributed by atoms with van der Waals surface area (Å²) < 4.78 is 11.1. The van der Waals surface area contributed by atoms with Crippen LogP contribution in [0.15, 0.2) is 29.3 Å². The Balaban J connectivity index is 1.51. The number of aliphatic imine (C=N–C) groups is 1. The largest absolute Gasteiger partial charge is 0.493 e. The first-order valence-electron chi connectivity index (χ1n) is 8.63. The van der Waals surface area contributed by atoms with Gasteiger partial charge in [-0.1, -0.05) is 50.1 Å². The van der Waals surface area contributed by atoms with Crippen LogP contribution >= 0.6 is 11.8 Å². The van der Waals surface area contributed by atoms with Crippen molar-refractivity contribution in [2.24, 2.45) is 10.4 Å². The van der Waals surface area contributed by atoms with Crippen LogP contribution in [0.2, 0.25) is 0 Å². The van der Waals surface area contributed by atoms with Crippen LogP contribution in [0, 0.1) is 5.41 Å². The van der Waals surface area contributed by atoms with Crippen molar-refractivity contribution in [3.8, 4) is 5.75 Å². The highest BCUT2D eigenvalue weighted by Gasteiger charge is 2.29. The van der Waals surface area contributed by atoms with Crippen LogP contribution in [0.5, 0.6) is 5.75 Å². The van der Waals surface area contributed by atoms with Gasteiger partial charge in [-0.05, 0) is 37.0 Å². The zero-order valence-electron chi connectivity index (χ0n) is 14.4. The van der Waals surface area contributed by atoms with Crippen molar-refractivity contribution in [2.75, 3.05) is 13.7 Å². The normalized spacial score (nSPS) is 23.0. The molecule has 1 heterocycles. The maximum absolute atomic E-state index is 11.8. The number of hydrogen-bond acceptors (Lipinski definition) is 4. The highest BCUT2D eigenvalue weighted by Crippen LogP contribution is 2.36. The Morgan fingerprint density at radius 2 is 1.92 bits per heavy atom. The molecule has 1 aromatic rings. The molecule has 1 atom stereocenters. The molecule has 4 nitrogen and oxygen atoms in total. The summed E-state index contributed by atoms with van der Waals surface area (Å²) in [6.07, 6.45) is 7.17. The Labute approximate surface area is 148 Å². The predicted molar refractivity (Wildman–Crippen MR) is 97.7 cm³/mol. The Bertz CT molecular complexity index is 606. The van der Waals surface area contributed by atoms with Gasteiger partial charge in [0.2, 0.25) is 0 Å². The van der Waals surface area contributed by atoms with Gasteiger partial charge in [0.1, 0.15) is 5.75 Å². The van der Waals surface area contributed by atoms with Crippen molar-refractivity contribution in [3.05, 3.63) is 29.8 Å². The van der Waals surface area contributed by atoms with Crippen molar-refractivity contribution in [3.63, 3.8) is 0 Å². The molecular weight excluding hydrogens is 322 g/mol. The van der Waals surface area contributed by atoms with Gasteiger partial charge in [-0.25, -0.2) is 0 Å².